The van der Waals surface area contributed by atoms with Gasteiger partial charge in [-0.3, -0.25) is 9.69 Å². The van der Waals surface area contributed by atoms with E-state index in [9.17, 15) is 9.59 Å². The number of fused-ring (bicyclic) bond motifs is 3. The number of morpholine rings is 1. The second-order valence-electron chi connectivity index (χ2n) is 6.45. The summed E-state index contributed by atoms with van der Waals surface area (Å²) in [6.45, 7) is 6.63. The standard InChI is InChI=1S/C19H20N2O4S/c1-12-2-3-15-13(10-12)17-14(19(23)25-15)11-16(26-17)18(22)20-4-5-21-6-8-24-9-7-21/h2-3,10-11H,4-9H2,1H3,(H,20,22). The van der Waals surface area contributed by atoms with Gasteiger partial charge in [0.15, 0.2) is 0 Å². The highest BCUT2D eigenvalue weighted by Crippen LogP contribution is 2.31. The number of aryl methyl sites for hydroxylation is 1. The molecule has 1 aliphatic heterocycles. The van der Waals surface area contributed by atoms with Crippen molar-refractivity contribution in [2.75, 3.05) is 39.4 Å². The van der Waals surface area contributed by atoms with Crippen LogP contribution in [0.4, 0.5) is 0 Å². The lowest BCUT2D eigenvalue weighted by Gasteiger charge is -2.26. The summed E-state index contributed by atoms with van der Waals surface area (Å²) in [5.74, 6) is -0.153. The van der Waals surface area contributed by atoms with Crippen LogP contribution in [0.5, 0.6) is 0 Å². The van der Waals surface area contributed by atoms with E-state index < -0.39 is 5.63 Å². The summed E-state index contributed by atoms with van der Waals surface area (Å²) in [5.41, 5.74) is 1.23. The topological polar surface area (TPSA) is 71.8 Å². The molecule has 3 aromatic rings. The Kier molecular flexibility index (Phi) is 4.76. The highest BCUT2D eigenvalue weighted by atomic mass is 32.1. The molecule has 7 heteroatoms. The first-order valence-electron chi connectivity index (χ1n) is 8.67. The molecule has 1 fully saturated rings. The number of hydrogen-bond acceptors (Lipinski definition) is 6. The minimum Gasteiger partial charge on any atom is -0.422 e. The van der Waals surface area contributed by atoms with Crippen molar-refractivity contribution in [1.82, 2.24) is 10.2 Å². The molecule has 3 heterocycles. The van der Waals surface area contributed by atoms with Crippen molar-refractivity contribution in [3.05, 3.63) is 45.1 Å². The number of hydrogen-bond donors (Lipinski definition) is 1. The van der Waals surface area contributed by atoms with Crippen LogP contribution in [0.25, 0.3) is 21.1 Å². The number of carbonyl (C=O) groups excluding carboxylic acids is 1. The number of rotatable bonds is 4. The van der Waals surface area contributed by atoms with Gasteiger partial charge in [0, 0.05) is 31.6 Å². The first-order valence-corrected chi connectivity index (χ1v) is 9.49. The number of thiophene rings is 1. The zero-order valence-corrected chi connectivity index (χ0v) is 15.4. The predicted molar refractivity (Wildman–Crippen MR) is 102 cm³/mol. The Bertz CT molecular complexity index is 1020. The van der Waals surface area contributed by atoms with E-state index in [2.05, 4.69) is 10.2 Å². The quantitative estimate of drug-likeness (QED) is 0.712. The SMILES string of the molecule is Cc1ccc2oc(=O)c3cc(C(=O)NCCN4CCOCC4)sc3c2c1. The number of carbonyl (C=O) groups is 1. The van der Waals surface area contributed by atoms with Crippen molar-refractivity contribution in [2.24, 2.45) is 0 Å². The average molecular weight is 372 g/mol. The molecule has 1 aliphatic rings. The van der Waals surface area contributed by atoms with Gasteiger partial charge in [0.2, 0.25) is 0 Å². The maximum absolute atomic E-state index is 12.5. The Morgan fingerprint density at radius 1 is 1.23 bits per heavy atom. The molecule has 1 amide bonds. The smallest absolute Gasteiger partial charge is 0.345 e. The lowest BCUT2D eigenvalue weighted by molar-refractivity contribution is 0.0383. The average Bonchev–Trinajstić information content (AvgIpc) is 3.10. The Morgan fingerprint density at radius 2 is 2.04 bits per heavy atom. The number of ether oxygens (including phenoxy) is 1. The molecule has 0 spiro atoms. The summed E-state index contributed by atoms with van der Waals surface area (Å²) in [7, 11) is 0. The highest BCUT2D eigenvalue weighted by Gasteiger charge is 2.16. The zero-order valence-electron chi connectivity index (χ0n) is 14.5. The molecule has 1 aromatic carbocycles. The van der Waals surface area contributed by atoms with Crippen molar-refractivity contribution < 1.29 is 13.9 Å². The summed E-state index contributed by atoms with van der Waals surface area (Å²) < 4.78 is 11.5. The zero-order chi connectivity index (χ0) is 18.1. The van der Waals surface area contributed by atoms with Crippen molar-refractivity contribution in [1.29, 1.82) is 0 Å². The molecule has 0 radical (unpaired) electrons. The van der Waals surface area contributed by atoms with Crippen LogP contribution in [0.2, 0.25) is 0 Å². The van der Waals surface area contributed by atoms with Crippen molar-refractivity contribution in [3.8, 4) is 0 Å². The fourth-order valence-corrected chi connectivity index (χ4v) is 4.24. The van der Waals surface area contributed by atoms with Gasteiger partial charge in [-0.1, -0.05) is 11.6 Å². The Hall–Kier alpha value is -2.22. The van der Waals surface area contributed by atoms with Gasteiger partial charge in [0.25, 0.3) is 5.91 Å². The molecule has 1 N–H and O–H groups in total. The molecule has 4 rings (SSSR count). The van der Waals surface area contributed by atoms with Gasteiger partial charge < -0.3 is 14.5 Å². The summed E-state index contributed by atoms with van der Waals surface area (Å²) in [6, 6.07) is 7.33. The van der Waals surface area contributed by atoms with Gasteiger partial charge in [-0.25, -0.2) is 4.79 Å². The minimum atomic E-state index is -0.403. The van der Waals surface area contributed by atoms with Gasteiger partial charge in [0.05, 0.1) is 28.2 Å². The van der Waals surface area contributed by atoms with Crippen LogP contribution in [0.1, 0.15) is 15.2 Å². The molecule has 0 saturated carbocycles. The number of nitrogens with one attached hydrogen (secondary N) is 1. The predicted octanol–water partition coefficient (Wildman–Crippen LogP) is 2.38. The van der Waals surface area contributed by atoms with E-state index in [4.69, 9.17) is 9.15 Å². The molecule has 1 saturated heterocycles. The van der Waals surface area contributed by atoms with Crippen LogP contribution in [0.3, 0.4) is 0 Å². The van der Waals surface area contributed by atoms with Crippen molar-refractivity contribution in [2.45, 2.75) is 6.92 Å². The second kappa shape index (κ2) is 7.19. The summed E-state index contributed by atoms with van der Waals surface area (Å²) in [4.78, 5) is 27.5. The Balaban J connectivity index is 1.55. The van der Waals surface area contributed by atoms with Crippen LogP contribution in [0, 0.1) is 6.92 Å². The third-order valence-corrected chi connectivity index (χ3v) is 5.74. The molecule has 0 unspecified atom stereocenters. The Morgan fingerprint density at radius 3 is 2.85 bits per heavy atom. The van der Waals surface area contributed by atoms with Crippen LogP contribution < -0.4 is 10.9 Å². The highest BCUT2D eigenvalue weighted by molar-refractivity contribution is 7.21. The lowest BCUT2D eigenvalue weighted by atomic mass is 10.1. The monoisotopic (exact) mass is 372 g/mol. The first-order chi connectivity index (χ1) is 12.6. The largest absolute Gasteiger partial charge is 0.422 e. The van der Waals surface area contributed by atoms with Gasteiger partial charge in [0.1, 0.15) is 5.58 Å². The minimum absolute atomic E-state index is 0.153. The summed E-state index contributed by atoms with van der Waals surface area (Å²) in [5, 5.41) is 4.28. The summed E-state index contributed by atoms with van der Waals surface area (Å²) in [6.07, 6.45) is 0. The van der Waals surface area contributed by atoms with Gasteiger partial charge >= 0.3 is 5.63 Å². The van der Waals surface area contributed by atoms with Gasteiger partial charge in [-0.2, -0.15) is 0 Å². The van der Waals surface area contributed by atoms with Crippen LogP contribution in [0.15, 0.2) is 33.5 Å². The Labute approximate surface area is 154 Å². The van der Waals surface area contributed by atoms with E-state index in [1.807, 2.05) is 19.1 Å². The molecular formula is C19H20N2O4S. The third kappa shape index (κ3) is 3.38. The molecule has 0 bridgehead atoms. The summed E-state index contributed by atoms with van der Waals surface area (Å²) >= 11 is 1.34. The van der Waals surface area contributed by atoms with Crippen LogP contribution >= 0.6 is 11.3 Å². The lowest BCUT2D eigenvalue weighted by Crippen LogP contribution is -2.41. The van der Waals surface area contributed by atoms with Gasteiger partial charge in [-0.15, -0.1) is 11.3 Å². The van der Waals surface area contributed by atoms with Crippen molar-refractivity contribution in [3.63, 3.8) is 0 Å². The normalized spacial score (nSPS) is 15.6. The fourth-order valence-electron chi connectivity index (χ4n) is 3.16. The molecule has 136 valence electrons. The molecule has 26 heavy (non-hydrogen) atoms. The maximum atomic E-state index is 12.5. The van der Waals surface area contributed by atoms with Crippen molar-refractivity contribution >= 4 is 38.3 Å². The fraction of sp³-hybridized carbons (Fsp3) is 0.368. The molecular weight excluding hydrogens is 352 g/mol. The molecule has 6 nitrogen and oxygen atoms in total. The van der Waals surface area contributed by atoms with E-state index in [0.717, 1.165) is 48.5 Å². The van der Waals surface area contributed by atoms with E-state index in [1.54, 1.807) is 12.1 Å². The van der Waals surface area contributed by atoms with E-state index in [0.29, 0.717) is 22.4 Å². The molecule has 0 aliphatic carbocycles. The third-order valence-electron chi connectivity index (χ3n) is 4.58. The first kappa shape index (κ1) is 17.2. The van der Waals surface area contributed by atoms with Gasteiger partial charge in [-0.05, 0) is 25.1 Å². The van der Waals surface area contributed by atoms with E-state index >= 15 is 0 Å². The second-order valence-corrected chi connectivity index (χ2v) is 7.50. The van der Waals surface area contributed by atoms with Crippen LogP contribution in [-0.2, 0) is 4.74 Å². The number of amides is 1. The van der Waals surface area contributed by atoms with Crippen LogP contribution in [-0.4, -0.2) is 50.2 Å². The maximum Gasteiger partial charge on any atom is 0.345 e. The number of nitrogens with zero attached hydrogens (tertiary/aromatic N) is 1. The van der Waals surface area contributed by atoms with E-state index in [-0.39, 0.29) is 5.91 Å². The number of benzene rings is 1. The van der Waals surface area contributed by atoms with E-state index in [1.165, 1.54) is 11.3 Å². The molecule has 2 aromatic heterocycles. The molecule has 0 atom stereocenters.